The second kappa shape index (κ2) is 6.88. The van der Waals surface area contributed by atoms with Gasteiger partial charge in [0.25, 0.3) is 5.91 Å². The lowest BCUT2D eigenvalue weighted by molar-refractivity contribution is 0.0771. The normalized spacial score (nSPS) is 16.2. The highest BCUT2D eigenvalue weighted by atomic mass is 32.2. The van der Waals surface area contributed by atoms with Crippen LogP contribution < -0.4 is 5.32 Å². The van der Waals surface area contributed by atoms with Crippen molar-refractivity contribution >= 4 is 22.4 Å². The monoisotopic (exact) mass is 294 g/mol. The van der Waals surface area contributed by atoms with Crippen molar-refractivity contribution in [1.29, 1.82) is 0 Å². The van der Waals surface area contributed by atoms with E-state index in [2.05, 4.69) is 12.2 Å². The van der Waals surface area contributed by atoms with Gasteiger partial charge in [0.1, 0.15) is 0 Å². The molecule has 1 amide bonds. The molecule has 1 heterocycles. The van der Waals surface area contributed by atoms with Crippen molar-refractivity contribution in [1.82, 2.24) is 4.90 Å². The van der Waals surface area contributed by atoms with Gasteiger partial charge in [0.15, 0.2) is 0 Å². The van der Waals surface area contributed by atoms with Crippen LogP contribution in [0.2, 0.25) is 0 Å². The summed E-state index contributed by atoms with van der Waals surface area (Å²) >= 11 is 0. The molecule has 0 unspecified atom stereocenters. The molecule has 1 N–H and O–H groups in total. The maximum atomic E-state index is 12.4. The van der Waals surface area contributed by atoms with E-state index in [0.29, 0.717) is 24.6 Å². The average Bonchev–Trinajstić information content (AvgIpc) is 2.46. The molecule has 0 atom stereocenters. The van der Waals surface area contributed by atoms with Crippen molar-refractivity contribution < 1.29 is 9.00 Å². The molecule has 1 aliphatic rings. The minimum absolute atomic E-state index is 0.0480. The van der Waals surface area contributed by atoms with Crippen LogP contribution in [0, 0.1) is 6.92 Å². The lowest BCUT2D eigenvalue weighted by Gasteiger charge is -2.26. The molecule has 20 heavy (non-hydrogen) atoms. The number of nitrogens with zero attached hydrogens (tertiary/aromatic N) is 1. The molecule has 0 spiro atoms. The van der Waals surface area contributed by atoms with Crippen LogP contribution in [0.25, 0.3) is 0 Å². The molecular formula is C15H22N2O2S. The maximum Gasteiger partial charge on any atom is 0.253 e. The summed E-state index contributed by atoms with van der Waals surface area (Å²) in [5, 5.41) is 3.35. The minimum atomic E-state index is -0.750. The quantitative estimate of drug-likeness (QED) is 0.924. The van der Waals surface area contributed by atoms with E-state index >= 15 is 0 Å². The highest BCUT2D eigenvalue weighted by Crippen LogP contribution is 2.18. The summed E-state index contributed by atoms with van der Waals surface area (Å²) in [6.45, 7) is 6.27. The number of hydrogen-bond acceptors (Lipinski definition) is 3. The molecule has 1 aliphatic heterocycles. The van der Waals surface area contributed by atoms with Gasteiger partial charge in [0.2, 0.25) is 0 Å². The van der Waals surface area contributed by atoms with E-state index in [9.17, 15) is 9.00 Å². The summed E-state index contributed by atoms with van der Waals surface area (Å²) in [6, 6.07) is 5.78. The Morgan fingerprint density at radius 2 is 2.05 bits per heavy atom. The summed E-state index contributed by atoms with van der Waals surface area (Å²) in [5.74, 6) is 1.24. The molecule has 0 aliphatic carbocycles. The molecule has 0 aromatic heterocycles. The summed E-state index contributed by atoms with van der Waals surface area (Å²) in [5.41, 5.74) is 2.89. The number of anilines is 1. The SMILES string of the molecule is CCCNc1ccc(C(=O)N2CCS(=O)CC2)cc1C. The van der Waals surface area contributed by atoms with Crippen molar-refractivity contribution in [3.8, 4) is 0 Å². The number of benzene rings is 1. The Bertz CT molecular complexity index is 507. The summed E-state index contributed by atoms with van der Waals surface area (Å²) in [4.78, 5) is 14.2. The first-order chi connectivity index (χ1) is 9.61. The van der Waals surface area contributed by atoms with E-state index in [0.717, 1.165) is 29.8 Å². The van der Waals surface area contributed by atoms with E-state index < -0.39 is 10.8 Å². The van der Waals surface area contributed by atoms with Crippen LogP contribution in [0.5, 0.6) is 0 Å². The third-order valence-electron chi connectivity index (χ3n) is 3.50. The Kier molecular flexibility index (Phi) is 5.17. The van der Waals surface area contributed by atoms with Crippen LogP contribution >= 0.6 is 0 Å². The van der Waals surface area contributed by atoms with Crippen LogP contribution in [0.4, 0.5) is 5.69 Å². The van der Waals surface area contributed by atoms with E-state index in [1.54, 1.807) is 4.90 Å². The Morgan fingerprint density at radius 3 is 2.65 bits per heavy atom. The van der Waals surface area contributed by atoms with Crippen LogP contribution in [0.15, 0.2) is 18.2 Å². The number of aryl methyl sites for hydroxylation is 1. The second-order valence-electron chi connectivity index (χ2n) is 5.10. The fraction of sp³-hybridized carbons (Fsp3) is 0.533. The molecule has 1 fully saturated rings. The van der Waals surface area contributed by atoms with Gasteiger partial charge in [-0.3, -0.25) is 9.00 Å². The maximum absolute atomic E-state index is 12.4. The molecule has 0 radical (unpaired) electrons. The van der Waals surface area contributed by atoms with Crippen molar-refractivity contribution in [2.24, 2.45) is 0 Å². The van der Waals surface area contributed by atoms with E-state index in [-0.39, 0.29) is 5.91 Å². The van der Waals surface area contributed by atoms with Gasteiger partial charge in [-0.15, -0.1) is 0 Å². The predicted molar refractivity (Wildman–Crippen MR) is 83.7 cm³/mol. The van der Waals surface area contributed by atoms with Crippen molar-refractivity contribution in [2.75, 3.05) is 36.5 Å². The zero-order valence-electron chi connectivity index (χ0n) is 12.1. The summed E-state index contributed by atoms with van der Waals surface area (Å²) in [7, 11) is -0.750. The Labute approximate surface area is 123 Å². The Morgan fingerprint density at radius 1 is 1.35 bits per heavy atom. The second-order valence-corrected chi connectivity index (χ2v) is 6.79. The number of rotatable bonds is 4. The minimum Gasteiger partial charge on any atom is -0.385 e. The van der Waals surface area contributed by atoms with Crippen molar-refractivity contribution in [2.45, 2.75) is 20.3 Å². The smallest absolute Gasteiger partial charge is 0.253 e. The zero-order chi connectivity index (χ0) is 14.5. The number of carbonyl (C=O) groups is 1. The first-order valence-corrected chi connectivity index (χ1v) is 8.59. The average molecular weight is 294 g/mol. The third-order valence-corrected chi connectivity index (χ3v) is 4.78. The van der Waals surface area contributed by atoms with Crippen LogP contribution in [-0.4, -0.2) is 46.2 Å². The number of hydrogen-bond donors (Lipinski definition) is 1. The third kappa shape index (κ3) is 3.60. The van der Waals surface area contributed by atoms with E-state index in [1.807, 2.05) is 25.1 Å². The highest BCUT2D eigenvalue weighted by Gasteiger charge is 2.21. The van der Waals surface area contributed by atoms with Gasteiger partial charge in [-0.05, 0) is 37.1 Å². The van der Waals surface area contributed by atoms with Gasteiger partial charge < -0.3 is 10.2 Å². The largest absolute Gasteiger partial charge is 0.385 e. The molecule has 110 valence electrons. The molecule has 4 nitrogen and oxygen atoms in total. The Balaban J connectivity index is 2.07. The molecule has 0 saturated carbocycles. The van der Waals surface area contributed by atoms with Crippen LogP contribution in [0.3, 0.4) is 0 Å². The summed E-state index contributed by atoms with van der Waals surface area (Å²) in [6.07, 6.45) is 1.07. The van der Waals surface area contributed by atoms with Gasteiger partial charge in [-0.1, -0.05) is 6.92 Å². The zero-order valence-corrected chi connectivity index (χ0v) is 13.0. The molecular weight excluding hydrogens is 272 g/mol. The number of amides is 1. The van der Waals surface area contributed by atoms with E-state index in [1.165, 1.54) is 0 Å². The topological polar surface area (TPSA) is 49.4 Å². The number of carbonyl (C=O) groups excluding carboxylic acids is 1. The summed E-state index contributed by atoms with van der Waals surface area (Å²) < 4.78 is 11.3. The van der Waals surface area contributed by atoms with Gasteiger partial charge in [-0.25, -0.2) is 0 Å². The van der Waals surface area contributed by atoms with Crippen LogP contribution in [0.1, 0.15) is 29.3 Å². The van der Waals surface area contributed by atoms with Gasteiger partial charge in [0, 0.05) is 53.2 Å². The van der Waals surface area contributed by atoms with Gasteiger partial charge in [-0.2, -0.15) is 0 Å². The highest BCUT2D eigenvalue weighted by molar-refractivity contribution is 7.85. The van der Waals surface area contributed by atoms with Crippen LogP contribution in [-0.2, 0) is 10.8 Å². The molecule has 1 aromatic rings. The van der Waals surface area contributed by atoms with Gasteiger partial charge >= 0.3 is 0 Å². The van der Waals surface area contributed by atoms with E-state index in [4.69, 9.17) is 0 Å². The fourth-order valence-electron chi connectivity index (χ4n) is 2.28. The first kappa shape index (κ1) is 15.0. The lowest BCUT2D eigenvalue weighted by Crippen LogP contribution is -2.41. The van der Waals surface area contributed by atoms with Gasteiger partial charge in [0.05, 0.1) is 0 Å². The first-order valence-electron chi connectivity index (χ1n) is 7.10. The predicted octanol–water partition coefficient (Wildman–Crippen LogP) is 2.02. The molecule has 5 heteroatoms. The molecule has 0 bridgehead atoms. The lowest BCUT2D eigenvalue weighted by atomic mass is 10.1. The fourth-order valence-corrected chi connectivity index (χ4v) is 3.33. The molecule has 2 rings (SSSR count). The molecule has 1 aromatic carbocycles. The Hall–Kier alpha value is -1.36. The van der Waals surface area contributed by atoms with Crippen molar-refractivity contribution in [3.63, 3.8) is 0 Å². The van der Waals surface area contributed by atoms with Crippen molar-refractivity contribution in [3.05, 3.63) is 29.3 Å². The molecule has 1 saturated heterocycles. The standard InChI is InChI=1S/C15H22N2O2S/c1-3-6-16-14-5-4-13(11-12(14)2)15(18)17-7-9-20(19)10-8-17/h4-5,11,16H,3,6-10H2,1-2H3. The number of nitrogens with one attached hydrogen (secondary N) is 1.